The summed E-state index contributed by atoms with van der Waals surface area (Å²) in [4.78, 5) is 12.5. The van der Waals surface area contributed by atoms with Crippen molar-refractivity contribution in [3.8, 4) is 0 Å². The highest BCUT2D eigenvalue weighted by Crippen LogP contribution is 2.25. The fraction of sp³-hybridized carbons (Fsp3) is 0.400. The molecule has 0 radical (unpaired) electrons. The summed E-state index contributed by atoms with van der Waals surface area (Å²) in [5.41, 5.74) is 3.79. The van der Waals surface area contributed by atoms with Gasteiger partial charge in [0.25, 0.3) is 0 Å². The van der Waals surface area contributed by atoms with Crippen LogP contribution in [0, 0.1) is 5.92 Å². The number of rotatable bonds is 6. The van der Waals surface area contributed by atoms with Gasteiger partial charge >= 0.3 is 0 Å². The molecule has 1 amide bonds. The molecular formula is C25H30N2O. The van der Waals surface area contributed by atoms with Gasteiger partial charge in [-0.25, -0.2) is 0 Å². The molecular weight excluding hydrogens is 344 g/mol. The van der Waals surface area contributed by atoms with Gasteiger partial charge in [0, 0.05) is 36.1 Å². The lowest BCUT2D eigenvalue weighted by atomic mass is 9.86. The zero-order chi connectivity index (χ0) is 19.3. The molecule has 0 unspecified atom stereocenters. The molecule has 146 valence electrons. The number of carbonyl (C=O) groups excluding carboxylic acids is 1. The van der Waals surface area contributed by atoms with Crippen molar-refractivity contribution in [1.29, 1.82) is 0 Å². The van der Waals surface area contributed by atoms with Crippen molar-refractivity contribution in [2.75, 3.05) is 0 Å². The number of fused-ring (bicyclic) bond motifs is 1. The van der Waals surface area contributed by atoms with Crippen molar-refractivity contribution in [3.05, 3.63) is 71.9 Å². The second-order valence-electron chi connectivity index (χ2n) is 8.22. The van der Waals surface area contributed by atoms with E-state index in [0.29, 0.717) is 18.4 Å². The Balaban J connectivity index is 1.45. The number of aromatic nitrogens is 1. The second-order valence-corrected chi connectivity index (χ2v) is 8.22. The van der Waals surface area contributed by atoms with Crippen molar-refractivity contribution in [2.24, 2.45) is 5.92 Å². The number of hydrogen-bond donors (Lipinski definition) is 1. The molecule has 2 atom stereocenters. The van der Waals surface area contributed by atoms with Crippen LogP contribution in [0.5, 0.6) is 0 Å². The molecule has 4 rings (SSSR count). The van der Waals surface area contributed by atoms with Gasteiger partial charge in [0.2, 0.25) is 5.91 Å². The van der Waals surface area contributed by atoms with Gasteiger partial charge in [-0.15, -0.1) is 0 Å². The largest absolute Gasteiger partial charge is 0.353 e. The van der Waals surface area contributed by atoms with Gasteiger partial charge in [-0.3, -0.25) is 4.79 Å². The summed E-state index contributed by atoms with van der Waals surface area (Å²) in [6, 6.07) is 19.4. The van der Waals surface area contributed by atoms with E-state index in [-0.39, 0.29) is 5.91 Å². The molecule has 2 aromatic carbocycles. The molecule has 1 aliphatic carbocycles. The van der Waals surface area contributed by atoms with E-state index < -0.39 is 0 Å². The summed E-state index contributed by atoms with van der Waals surface area (Å²) in [5.74, 6) is 0.795. The first-order chi connectivity index (χ1) is 13.7. The molecule has 1 fully saturated rings. The number of nitrogens with one attached hydrogen (secondary N) is 1. The lowest BCUT2D eigenvalue weighted by molar-refractivity contribution is -0.122. The first kappa shape index (κ1) is 18.8. The van der Waals surface area contributed by atoms with Crippen molar-refractivity contribution in [3.63, 3.8) is 0 Å². The van der Waals surface area contributed by atoms with Crippen molar-refractivity contribution in [1.82, 2.24) is 9.88 Å². The fourth-order valence-corrected chi connectivity index (χ4v) is 4.49. The quantitative estimate of drug-likeness (QED) is 0.623. The monoisotopic (exact) mass is 374 g/mol. The molecule has 3 aromatic rings. The molecule has 0 aliphatic heterocycles. The Kier molecular flexibility index (Phi) is 5.80. The number of benzene rings is 2. The minimum atomic E-state index is 0.193. The van der Waals surface area contributed by atoms with Crippen LogP contribution in [0.4, 0.5) is 0 Å². The maximum atomic E-state index is 12.5. The lowest BCUT2D eigenvalue weighted by Gasteiger charge is -2.29. The van der Waals surface area contributed by atoms with Crippen LogP contribution < -0.4 is 5.32 Å². The third kappa shape index (κ3) is 4.30. The van der Waals surface area contributed by atoms with Gasteiger partial charge < -0.3 is 9.88 Å². The number of amides is 1. The van der Waals surface area contributed by atoms with Crippen LogP contribution in [0.15, 0.2) is 60.8 Å². The van der Waals surface area contributed by atoms with Crippen LogP contribution in [0.1, 0.15) is 50.2 Å². The molecule has 0 saturated heterocycles. The van der Waals surface area contributed by atoms with Crippen LogP contribution in [0.3, 0.4) is 0 Å². The van der Waals surface area contributed by atoms with E-state index in [1.807, 2.05) is 0 Å². The van der Waals surface area contributed by atoms with Gasteiger partial charge in [-0.2, -0.15) is 0 Å². The van der Waals surface area contributed by atoms with Gasteiger partial charge in [-0.1, -0.05) is 68.3 Å². The third-order valence-electron chi connectivity index (χ3n) is 6.15. The van der Waals surface area contributed by atoms with E-state index >= 15 is 0 Å². The highest BCUT2D eigenvalue weighted by atomic mass is 16.1. The summed E-state index contributed by atoms with van der Waals surface area (Å²) in [6.07, 6.45) is 8.48. The summed E-state index contributed by atoms with van der Waals surface area (Å²) in [6.45, 7) is 3.12. The predicted molar refractivity (Wildman–Crippen MR) is 115 cm³/mol. The van der Waals surface area contributed by atoms with E-state index in [9.17, 15) is 4.79 Å². The maximum absolute atomic E-state index is 12.5. The number of nitrogens with zero attached hydrogens (tertiary/aromatic N) is 1. The van der Waals surface area contributed by atoms with E-state index in [0.717, 1.165) is 19.4 Å². The van der Waals surface area contributed by atoms with Crippen LogP contribution >= 0.6 is 0 Å². The van der Waals surface area contributed by atoms with E-state index in [2.05, 4.69) is 77.6 Å². The van der Waals surface area contributed by atoms with Crippen LogP contribution in [0.2, 0.25) is 0 Å². The van der Waals surface area contributed by atoms with E-state index in [1.165, 1.54) is 41.3 Å². The average Bonchev–Trinajstić information content (AvgIpc) is 3.07. The van der Waals surface area contributed by atoms with Gasteiger partial charge in [0.15, 0.2) is 0 Å². The molecule has 1 saturated carbocycles. The Morgan fingerprint density at radius 2 is 1.79 bits per heavy atom. The molecule has 1 aromatic heterocycles. The SMILES string of the molecule is C[C@@H]1CCCC[C@H]1NC(=O)CCc1cn(Cc2ccccc2)c2ccccc12. The third-order valence-corrected chi connectivity index (χ3v) is 6.15. The fourth-order valence-electron chi connectivity index (χ4n) is 4.49. The first-order valence-electron chi connectivity index (χ1n) is 10.6. The topological polar surface area (TPSA) is 34.0 Å². The zero-order valence-electron chi connectivity index (χ0n) is 16.7. The van der Waals surface area contributed by atoms with Gasteiger partial charge in [0.05, 0.1) is 0 Å². The van der Waals surface area contributed by atoms with Crippen molar-refractivity contribution >= 4 is 16.8 Å². The molecule has 0 bridgehead atoms. The van der Waals surface area contributed by atoms with Gasteiger partial charge in [0.1, 0.15) is 0 Å². The predicted octanol–water partition coefficient (Wildman–Crippen LogP) is 5.32. The smallest absolute Gasteiger partial charge is 0.220 e. The molecule has 3 heteroatoms. The van der Waals surface area contributed by atoms with Crippen LogP contribution in [-0.2, 0) is 17.8 Å². The average molecular weight is 375 g/mol. The number of para-hydroxylation sites is 1. The number of hydrogen-bond acceptors (Lipinski definition) is 1. The molecule has 1 aliphatic rings. The van der Waals surface area contributed by atoms with E-state index in [4.69, 9.17) is 0 Å². The highest BCUT2D eigenvalue weighted by Gasteiger charge is 2.22. The van der Waals surface area contributed by atoms with Crippen molar-refractivity contribution < 1.29 is 4.79 Å². The number of carbonyl (C=O) groups is 1. The summed E-state index contributed by atoms with van der Waals surface area (Å²) in [7, 11) is 0. The lowest BCUT2D eigenvalue weighted by Crippen LogP contribution is -2.41. The maximum Gasteiger partial charge on any atom is 0.220 e. The summed E-state index contributed by atoms with van der Waals surface area (Å²) < 4.78 is 2.31. The normalized spacial score (nSPS) is 19.6. The summed E-state index contributed by atoms with van der Waals surface area (Å²) in [5, 5.41) is 4.55. The Bertz CT molecular complexity index is 928. The number of aryl methyl sites for hydroxylation is 1. The standard InChI is InChI=1S/C25H30N2O/c1-19-9-5-7-13-23(19)26-25(28)16-15-21-18-27(17-20-10-3-2-4-11-20)24-14-8-6-12-22(21)24/h2-4,6,8,10-12,14,18-19,23H,5,7,9,13,15-17H2,1H3,(H,26,28)/t19-,23-/m1/s1. The molecule has 1 N–H and O–H groups in total. The minimum Gasteiger partial charge on any atom is -0.353 e. The second kappa shape index (κ2) is 8.64. The Morgan fingerprint density at radius 3 is 2.61 bits per heavy atom. The van der Waals surface area contributed by atoms with E-state index in [1.54, 1.807) is 0 Å². The molecule has 1 heterocycles. The minimum absolute atomic E-state index is 0.193. The highest BCUT2D eigenvalue weighted by molar-refractivity contribution is 5.85. The Hall–Kier alpha value is -2.55. The zero-order valence-corrected chi connectivity index (χ0v) is 16.7. The Morgan fingerprint density at radius 1 is 1.04 bits per heavy atom. The van der Waals surface area contributed by atoms with Gasteiger partial charge in [-0.05, 0) is 42.4 Å². The van der Waals surface area contributed by atoms with Crippen molar-refractivity contribution in [2.45, 2.75) is 58.0 Å². The molecule has 28 heavy (non-hydrogen) atoms. The first-order valence-corrected chi connectivity index (χ1v) is 10.6. The Labute approximate surface area is 167 Å². The summed E-state index contributed by atoms with van der Waals surface area (Å²) >= 11 is 0. The molecule has 3 nitrogen and oxygen atoms in total. The van der Waals surface area contributed by atoms with Crippen LogP contribution in [0.25, 0.3) is 10.9 Å². The molecule has 0 spiro atoms. The van der Waals surface area contributed by atoms with Crippen LogP contribution in [-0.4, -0.2) is 16.5 Å².